The van der Waals surface area contributed by atoms with Crippen LogP contribution in [0.3, 0.4) is 0 Å². The predicted octanol–water partition coefficient (Wildman–Crippen LogP) is 5.38. The maximum absolute atomic E-state index is 12.7. The molecule has 3 amide bonds. The van der Waals surface area contributed by atoms with Gasteiger partial charge in [-0.25, -0.2) is 4.79 Å². The lowest BCUT2D eigenvalue weighted by Gasteiger charge is -2.32. The van der Waals surface area contributed by atoms with Crippen LogP contribution < -0.4 is 16.0 Å². The number of anilines is 2. The zero-order valence-corrected chi connectivity index (χ0v) is 19.0. The third-order valence-electron chi connectivity index (χ3n) is 5.68. The van der Waals surface area contributed by atoms with Gasteiger partial charge in [-0.05, 0) is 66.9 Å². The Morgan fingerprint density at radius 1 is 0.818 bits per heavy atom. The third kappa shape index (κ3) is 6.81. The van der Waals surface area contributed by atoms with Gasteiger partial charge < -0.3 is 16.0 Å². The van der Waals surface area contributed by atoms with E-state index in [1.165, 1.54) is 5.56 Å². The third-order valence-corrected chi connectivity index (χ3v) is 5.93. The number of carbonyl (C=O) groups excluding carboxylic acids is 2. The lowest BCUT2D eigenvalue weighted by Crippen LogP contribution is -2.44. The second-order valence-electron chi connectivity index (χ2n) is 8.17. The Kier molecular flexibility index (Phi) is 7.60. The van der Waals surface area contributed by atoms with Gasteiger partial charge in [0.05, 0.1) is 0 Å². The molecule has 0 radical (unpaired) electrons. The van der Waals surface area contributed by atoms with E-state index in [-0.39, 0.29) is 18.0 Å². The summed E-state index contributed by atoms with van der Waals surface area (Å²) in [6.45, 7) is 2.77. The minimum atomic E-state index is -0.330. The molecule has 3 aromatic carbocycles. The number of likely N-dealkylation sites (tertiary alicyclic amines) is 1. The summed E-state index contributed by atoms with van der Waals surface area (Å²) in [4.78, 5) is 27.2. The number of nitrogens with zero attached hydrogens (tertiary/aromatic N) is 1. The zero-order chi connectivity index (χ0) is 23.0. The second kappa shape index (κ2) is 11.0. The molecule has 0 spiro atoms. The molecule has 3 aromatic rings. The number of rotatable bonds is 6. The van der Waals surface area contributed by atoms with Crippen LogP contribution in [0.15, 0.2) is 78.9 Å². The first kappa shape index (κ1) is 22.8. The Morgan fingerprint density at radius 2 is 1.42 bits per heavy atom. The van der Waals surface area contributed by atoms with Crippen LogP contribution in [0.25, 0.3) is 0 Å². The number of urea groups is 1. The molecule has 0 aliphatic carbocycles. The molecule has 1 aliphatic rings. The van der Waals surface area contributed by atoms with Gasteiger partial charge in [0, 0.05) is 47.6 Å². The van der Waals surface area contributed by atoms with Crippen molar-refractivity contribution in [3.05, 3.63) is 95.0 Å². The maximum Gasteiger partial charge on any atom is 0.323 e. The van der Waals surface area contributed by atoms with Gasteiger partial charge in [-0.2, -0.15) is 0 Å². The fourth-order valence-electron chi connectivity index (χ4n) is 3.87. The molecule has 0 aromatic heterocycles. The average molecular weight is 463 g/mol. The molecular formula is C26H27ClN4O2. The number of para-hydroxylation sites is 1. The Balaban J connectivity index is 1.22. The van der Waals surface area contributed by atoms with Gasteiger partial charge >= 0.3 is 6.03 Å². The van der Waals surface area contributed by atoms with E-state index in [2.05, 4.69) is 33.0 Å². The highest BCUT2D eigenvalue weighted by atomic mass is 35.5. The first-order valence-electron chi connectivity index (χ1n) is 11.1. The molecule has 7 heteroatoms. The van der Waals surface area contributed by atoms with E-state index in [0.717, 1.165) is 37.5 Å². The van der Waals surface area contributed by atoms with Gasteiger partial charge in [0.1, 0.15) is 0 Å². The average Bonchev–Trinajstić information content (AvgIpc) is 2.83. The van der Waals surface area contributed by atoms with Crippen molar-refractivity contribution in [2.75, 3.05) is 23.7 Å². The summed E-state index contributed by atoms with van der Waals surface area (Å²) in [6.07, 6.45) is 1.83. The summed E-state index contributed by atoms with van der Waals surface area (Å²) in [6, 6.07) is 23.9. The van der Waals surface area contributed by atoms with Crippen LogP contribution in [0.2, 0.25) is 5.02 Å². The van der Waals surface area contributed by atoms with Gasteiger partial charge in [-0.1, -0.05) is 41.9 Å². The quantitative estimate of drug-likeness (QED) is 0.460. The Morgan fingerprint density at radius 3 is 2.06 bits per heavy atom. The van der Waals surface area contributed by atoms with E-state index in [9.17, 15) is 9.59 Å². The summed E-state index contributed by atoms with van der Waals surface area (Å²) >= 11 is 5.96. The fourth-order valence-corrected chi connectivity index (χ4v) is 4.00. The standard InChI is InChI=1S/C26H27ClN4O2/c27-21-10-6-19(7-11-21)18-31-16-14-24(15-17-31)28-25(32)20-8-12-23(13-9-20)30-26(33)29-22-4-2-1-3-5-22/h1-13,24H,14-18H2,(H,28,32)(H2,29,30,33). The van der Waals surface area contributed by atoms with Crippen LogP contribution in [-0.2, 0) is 6.54 Å². The topological polar surface area (TPSA) is 73.5 Å². The first-order chi connectivity index (χ1) is 16.0. The molecule has 1 fully saturated rings. The smallest absolute Gasteiger partial charge is 0.323 e. The van der Waals surface area contributed by atoms with Crippen molar-refractivity contribution in [3.8, 4) is 0 Å². The summed E-state index contributed by atoms with van der Waals surface area (Å²) in [7, 11) is 0. The van der Waals surface area contributed by atoms with Crippen molar-refractivity contribution in [1.29, 1.82) is 0 Å². The molecule has 33 heavy (non-hydrogen) atoms. The van der Waals surface area contributed by atoms with Crippen LogP contribution in [0, 0.1) is 0 Å². The number of amides is 3. The van der Waals surface area contributed by atoms with Crippen molar-refractivity contribution in [3.63, 3.8) is 0 Å². The SMILES string of the molecule is O=C(Nc1ccccc1)Nc1ccc(C(=O)NC2CCN(Cc3ccc(Cl)cc3)CC2)cc1. The van der Waals surface area contributed by atoms with E-state index in [1.54, 1.807) is 24.3 Å². The van der Waals surface area contributed by atoms with Crippen molar-refractivity contribution in [2.24, 2.45) is 0 Å². The van der Waals surface area contributed by atoms with E-state index in [0.29, 0.717) is 16.9 Å². The normalized spacial score (nSPS) is 14.5. The Hall–Kier alpha value is -3.35. The number of carbonyl (C=O) groups is 2. The molecule has 0 unspecified atom stereocenters. The Labute approximate surface area is 198 Å². The van der Waals surface area contributed by atoms with Crippen LogP contribution in [0.4, 0.5) is 16.2 Å². The minimum Gasteiger partial charge on any atom is -0.349 e. The molecule has 3 N–H and O–H groups in total. The highest BCUT2D eigenvalue weighted by molar-refractivity contribution is 6.30. The van der Waals surface area contributed by atoms with Crippen molar-refractivity contribution >= 4 is 34.9 Å². The Bertz CT molecular complexity index is 1060. The highest BCUT2D eigenvalue weighted by Gasteiger charge is 2.21. The van der Waals surface area contributed by atoms with Crippen LogP contribution in [0.5, 0.6) is 0 Å². The summed E-state index contributed by atoms with van der Waals surface area (Å²) < 4.78 is 0. The largest absolute Gasteiger partial charge is 0.349 e. The molecule has 0 bridgehead atoms. The van der Waals surface area contributed by atoms with Crippen LogP contribution >= 0.6 is 11.6 Å². The zero-order valence-electron chi connectivity index (χ0n) is 18.3. The van der Waals surface area contributed by atoms with Gasteiger partial charge in [0.25, 0.3) is 5.91 Å². The lowest BCUT2D eigenvalue weighted by molar-refractivity contribution is 0.0909. The number of hydrogen-bond acceptors (Lipinski definition) is 3. The molecular weight excluding hydrogens is 436 g/mol. The lowest BCUT2D eigenvalue weighted by atomic mass is 10.0. The number of hydrogen-bond donors (Lipinski definition) is 3. The summed E-state index contributed by atoms with van der Waals surface area (Å²) in [5.74, 6) is -0.0913. The predicted molar refractivity (Wildman–Crippen MR) is 133 cm³/mol. The minimum absolute atomic E-state index is 0.0913. The molecule has 1 heterocycles. The van der Waals surface area contributed by atoms with Crippen molar-refractivity contribution in [1.82, 2.24) is 10.2 Å². The fraction of sp³-hybridized carbons (Fsp3) is 0.231. The second-order valence-corrected chi connectivity index (χ2v) is 8.61. The molecule has 0 atom stereocenters. The molecule has 6 nitrogen and oxygen atoms in total. The summed E-state index contributed by atoms with van der Waals surface area (Å²) in [5, 5.41) is 9.42. The van der Waals surface area contributed by atoms with Gasteiger partial charge in [0.15, 0.2) is 0 Å². The molecule has 1 aliphatic heterocycles. The van der Waals surface area contributed by atoms with Gasteiger partial charge in [-0.3, -0.25) is 9.69 Å². The van der Waals surface area contributed by atoms with Crippen LogP contribution in [0.1, 0.15) is 28.8 Å². The number of nitrogens with one attached hydrogen (secondary N) is 3. The van der Waals surface area contributed by atoms with E-state index < -0.39 is 0 Å². The summed E-state index contributed by atoms with van der Waals surface area (Å²) in [5.41, 5.74) is 3.15. The maximum atomic E-state index is 12.7. The van der Waals surface area contributed by atoms with Gasteiger partial charge in [-0.15, -0.1) is 0 Å². The van der Waals surface area contributed by atoms with Crippen LogP contribution in [-0.4, -0.2) is 36.0 Å². The number of benzene rings is 3. The molecule has 4 rings (SSSR count). The monoisotopic (exact) mass is 462 g/mol. The molecule has 170 valence electrons. The van der Waals surface area contributed by atoms with Crippen molar-refractivity contribution < 1.29 is 9.59 Å². The van der Waals surface area contributed by atoms with Gasteiger partial charge in [0.2, 0.25) is 0 Å². The number of halogens is 1. The van der Waals surface area contributed by atoms with Crippen molar-refractivity contribution in [2.45, 2.75) is 25.4 Å². The van der Waals surface area contributed by atoms with E-state index in [1.807, 2.05) is 42.5 Å². The first-order valence-corrected chi connectivity index (χ1v) is 11.4. The molecule has 0 saturated carbocycles. The number of piperidine rings is 1. The van der Waals surface area contributed by atoms with E-state index in [4.69, 9.17) is 11.6 Å². The highest BCUT2D eigenvalue weighted by Crippen LogP contribution is 2.17. The molecule has 1 saturated heterocycles. The van der Waals surface area contributed by atoms with E-state index >= 15 is 0 Å².